The number of aliphatic hydroxyl groups is 1. The number of nitrogens with zero attached hydrogens (tertiary/aromatic N) is 1. The van der Waals surface area contributed by atoms with Crippen molar-refractivity contribution in [2.75, 3.05) is 6.61 Å². The molecule has 2 rings (SSSR count). The van der Waals surface area contributed by atoms with Crippen LogP contribution in [0.5, 0.6) is 0 Å². The number of Topliss-reactive ketones (excluding diaryl/α,β-unsaturated/α-hetero) is 1. The number of aromatic nitrogens is 1. The molecule has 0 atom stereocenters. The molecule has 84 valence electrons. The fourth-order valence-corrected chi connectivity index (χ4v) is 2.25. The van der Waals surface area contributed by atoms with Crippen LogP contribution in [0.25, 0.3) is 10.9 Å². The van der Waals surface area contributed by atoms with E-state index < -0.39 is 0 Å². The largest absolute Gasteiger partial charge is 0.395 e. The smallest absolute Gasteiger partial charge is 0.176 e. The normalized spacial score (nSPS) is 10.9. The first-order valence-electron chi connectivity index (χ1n) is 5.04. The summed E-state index contributed by atoms with van der Waals surface area (Å²) in [6.45, 7) is 2.01. The molecule has 0 unspecified atom stereocenters. The number of carbonyl (C=O) groups is 1. The number of rotatable bonds is 3. The SMILES string of the molecule is CC(=O)c1cc2cc(Br)ccc2n1CCO. The molecule has 0 aliphatic rings. The molecule has 3 nitrogen and oxygen atoms in total. The topological polar surface area (TPSA) is 42.2 Å². The number of benzene rings is 1. The molecular formula is C12H12BrNO2. The molecule has 0 fully saturated rings. The lowest BCUT2D eigenvalue weighted by Gasteiger charge is -2.06. The number of ketones is 1. The highest BCUT2D eigenvalue weighted by molar-refractivity contribution is 9.10. The van der Waals surface area contributed by atoms with E-state index in [1.807, 2.05) is 28.8 Å². The Morgan fingerprint density at radius 2 is 2.19 bits per heavy atom. The first-order valence-corrected chi connectivity index (χ1v) is 5.83. The Balaban J connectivity index is 2.70. The van der Waals surface area contributed by atoms with Crippen LogP contribution in [0.3, 0.4) is 0 Å². The van der Waals surface area contributed by atoms with Gasteiger partial charge in [-0.3, -0.25) is 4.79 Å². The van der Waals surface area contributed by atoms with Gasteiger partial charge in [-0.05, 0) is 24.3 Å². The van der Waals surface area contributed by atoms with Crippen LogP contribution in [0.4, 0.5) is 0 Å². The van der Waals surface area contributed by atoms with E-state index in [4.69, 9.17) is 5.11 Å². The molecule has 16 heavy (non-hydrogen) atoms. The minimum Gasteiger partial charge on any atom is -0.395 e. The average molecular weight is 282 g/mol. The summed E-state index contributed by atoms with van der Waals surface area (Å²) in [5, 5.41) is 10.0. The van der Waals surface area contributed by atoms with Gasteiger partial charge in [0.05, 0.1) is 12.3 Å². The Hall–Kier alpha value is -1.13. The second kappa shape index (κ2) is 4.39. The lowest BCUT2D eigenvalue weighted by Crippen LogP contribution is -2.08. The van der Waals surface area contributed by atoms with Crippen LogP contribution in [-0.2, 0) is 6.54 Å². The molecule has 4 heteroatoms. The minimum absolute atomic E-state index is 0.0146. The predicted octanol–water partition coefficient (Wildman–Crippen LogP) is 2.60. The van der Waals surface area contributed by atoms with Crippen molar-refractivity contribution in [3.05, 3.63) is 34.4 Å². The second-order valence-electron chi connectivity index (χ2n) is 3.66. The zero-order valence-corrected chi connectivity index (χ0v) is 10.5. The van der Waals surface area contributed by atoms with Gasteiger partial charge in [0.25, 0.3) is 0 Å². The van der Waals surface area contributed by atoms with Crippen molar-refractivity contribution in [3.8, 4) is 0 Å². The molecule has 0 aliphatic heterocycles. The number of hydrogen-bond donors (Lipinski definition) is 1. The fraction of sp³-hybridized carbons (Fsp3) is 0.250. The molecule has 0 bridgehead atoms. The first kappa shape index (κ1) is 11.4. The van der Waals surface area contributed by atoms with Crippen molar-refractivity contribution >= 4 is 32.6 Å². The van der Waals surface area contributed by atoms with Gasteiger partial charge in [-0.15, -0.1) is 0 Å². The van der Waals surface area contributed by atoms with E-state index in [0.717, 1.165) is 15.4 Å². The fourth-order valence-electron chi connectivity index (χ4n) is 1.87. The zero-order valence-electron chi connectivity index (χ0n) is 8.90. The monoisotopic (exact) mass is 281 g/mol. The van der Waals surface area contributed by atoms with Crippen LogP contribution in [0.1, 0.15) is 17.4 Å². The molecular weight excluding hydrogens is 270 g/mol. The lowest BCUT2D eigenvalue weighted by atomic mass is 10.2. The Kier molecular flexibility index (Phi) is 3.12. The Morgan fingerprint density at radius 3 is 2.81 bits per heavy atom. The van der Waals surface area contributed by atoms with Crippen molar-refractivity contribution < 1.29 is 9.90 Å². The van der Waals surface area contributed by atoms with E-state index >= 15 is 0 Å². The number of hydrogen-bond acceptors (Lipinski definition) is 2. The van der Waals surface area contributed by atoms with E-state index in [2.05, 4.69) is 15.9 Å². The van der Waals surface area contributed by atoms with Crippen LogP contribution in [-0.4, -0.2) is 22.1 Å². The van der Waals surface area contributed by atoms with Gasteiger partial charge in [-0.1, -0.05) is 15.9 Å². The van der Waals surface area contributed by atoms with Crippen LogP contribution < -0.4 is 0 Å². The van der Waals surface area contributed by atoms with Crippen molar-refractivity contribution in [2.24, 2.45) is 0 Å². The van der Waals surface area contributed by atoms with Crippen molar-refractivity contribution in [1.29, 1.82) is 0 Å². The molecule has 0 spiro atoms. The molecule has 0 amide bonds. The summed E-state index contributed by atoms with van der Waals surface area (Å²) in [4.78, 5) is 11.5. The molecule has 1 aromatic heterocycles. The summed E-state index contributed by atoms with van der Waals surface area (Å²) in [5.74, 6) is 0.0146. The van der Waals surface area contributed by atoms with Gasteiger partial charge in [0.1, 0.15) is 0 Å². The van der Waals surface area contributed by atoms with Gasteiger partial charge in [0, 0.05) is 28.8 Å². The van der Waals surface area contributed by atoms with Gasteiger partial charge in [0.2, 0.25) is 0 Å². The molecule has 0 radical (unpaired) electrons. The molecule has 1 N–H and O–H groups in total. The summed E-state index contributed by atoms with van der Waals surface area (Å²) in [5.41, 5.74) is 1.62. The zero-order chi connectivity index (χ0) is 11.7. The molecule has 0 aliphatic carbocycles. The highest BCUT2D eigenvalue weighted by atomic mass is 79.9. The summed E-state index contributed by atoms with van der Waals surface area (Å²) < 4.78 is 2.83. The summed E-state index contributed by atoms with van der Waals surface area (Å²) in [6.07, 6.45) is 0. The standard InChI is InChI=1S/C12H12BrNO2/c1-8(16)12-7-9-6-10(13)2-3-11(9)14(12)4-5-15/h2-3,6-7,15H,4-5H2,1H3. The van der Waals surface area contributed by atoms with Crippen molar-refractivity contribution in [1.82, 2.24) is 4.57 Å². The van der Waals surface area contributed by atoms with Gasteiger partial charge in [-0.2, -0.15) is 0 Å². The van der Waals surface area contributed by atoms with Crippen molar-refractivity contribution in [2.45, 2.75) is 13.5 Å². The van der Waals surface area contributed by atoms with Gasteiger partial charge < -0.3 is 9.67 Å². The summed E-state index contributed by atoms with van der Waals surface area (Å²) in [6, 6.07) is 7.70. The average Bonchev–Trinajstić information content (AvgIpc) is 2.57. The highest BCUT2D eigenvalue weighted by Crippen LogP contribution is 2.24. The van der Waals surface area contributed by atoms with Crippen LogP contribution in [0, 0.1) is 0 Å². The number of carbonyl (C=O) groups excluding carboxylic acids is 1. The van der Waals surface area contributed by atoms with Crippen LogP contribution in [0.2, 0.25) is 0 Å². The van der Waals surface area contributed by atoms with Gasteiger partial charge >= 0.3 is 0 Å². The third kappa shape index (κ3) is 1.90. The Morgan fingerprint density at radius 1 is 1.44 bits per heavy atom. The lowest BCUT2D eigenvalue weighted by molar-refractivity contribution is 0.100. The van der Waals surface area contributed by atoms with Crippen molar-refractivity contribution in [3.63, 3.8) is 0 Å². The summed E-state index contributed by atoms with van der Waals surface area (Å²) >= 11 is 3.40. The maximum absolute atomic E-state index is 11.5. The second-order valence-corrected chi connectivity index (χ2v) is 4.58. The van der Waals surface area contributed by atoms with E-state index in [0.29, 0.717) is 12.2 Å². The van der Waals surface area contributed by atoms with E-state index in [-0.39, 0.29) is 12.4 Å². The molecule has 0 saturated carbocycles. The molecule has 1 aromatic carbocycles. The Bertz CT molecular complexity index is 545. The number of fused-ring (bicyclic) bond motifs is 1. The van der Waals surface area contributed by atoms with E-state index in [1.165, 1.54) is 6.92 Å². The predicted molar refractivity (Wildman–Crippen MR) is 66.7 cm³/mol. The maximum Gasteiger partial charge on any atom is 0.176 e. The van der Waals surface area contributed by atoms with Crippen LogP contribution in [0.15, 0.2) is 28.7 Å². The first-order chi connectivity index (χ1) is 7.63. The third-order valence-electron chi connectivity index (χ3n) is 2.55. The molecule has 1 heterocycles. The highest BCUT2D eigenvalue weighted by Gasteiger charge is 2.11. The number of aliphatic hydroxyl groups excluding tert-OH is 1. The molecule has 0 saturated heterocycles. The maximum atomic E-state index is 11.5. The van der Waals surface area contributed by atoms with Gasteiger partial charge in [-0.25, -0.2) is 0 Å². The Labute approximate surface area is 102 Å². The quantitative estimate of drug-likeness (QED) is 0.879. The molecule has 2 aromatic rings. The van der Waals surface area contributed by atoms with E-state index in [1.54, 1.807) is 0 Å². The van der Waals surface area contributed by atoms with E-state index in [9.17, 15) is 4.79 Å². The number of halogens is 1. The van der Waals surface area contributed by atoms with Gasteiger partial charge in [0.15, 0.2) is 5.78 Å². The third-order valence-corrected chi connectivity index (χ3v) is 3.04. The van der Waals surface area contributed by atoms with Crippen LogP contribution >= 0.6 is 15.9 Å². The summed E-state index contributed by atoms with van der Waals surface area (Å²) in [7, 11) is 0. The minimum atomic E-state index is 0.0146.